The molecule has 7 heteroatoms. The molecule has 5 nitrogen and oxygen atoms in total. The van der Waals surface area contributed by atoms with Crippen LogP contribution in [0, 0.1) is 0 Å². The van der Waals surface area contributed by atoms with Gasteiger partial charge in [0.05, 0.1) is 22.6 Å². The third kappa shape index (κ3) is 6.17. The Morgan fingerprint density at radius 3 is 2.52 bits per heavy atom. The van der Waals surface area contributed by atoms with Gasteiger partial charge in [0.1, 0.15) is 0 Å². The summed E-state index contributed by atoms with van der Waals surface area (Å²) in [5, 5.41) is 6.67. The first-order chi connectivity index (χ1) is 11.9. The first kappa shape index (κ1) is 20.0. The average Bonchev–Trinajstić information content (AvgIpc) is 2.58. The number of benzene rings is 1. The summed E-state index contributed by atoms with van der Waals surface area (Å²) in [6, 6.07) is 4.80. The number of hydrogen-bond acceptors (Lipinski definition) is 3. The molecular weight excluding hydrogens is 361 g/mol. The summed E-state index contributed by atoms with van der Waals surface area (Å²) in [4.78, 5) is 26.3. The van der Waals surface area contributed by atoms with Gasteiger partial charge in [-0.2, -0.15) is 0 Å². The lowest BCUT2D eigenvalue weighted by Crippen LogP contribution is -2.49. The van der Waals surface area contributed by atoms with E-state index in [1.807, 2.05) is 6.92 Å². The molecule has 2 rings (SSSR count). The lowest BCUT2D eigenvalue weighted by molar-refractivity contribution is -0.127. The van der Waals surface area contributed by atoms with E-state index in [9.17, 15) is 9.59 Å². The summed E-state index contributed by atoms with van der Waals surface area (Å²) in [6.45, 7) is 1.92. The van der Waals surface area contributed by atoms with Gasteiger partial charge < -0.3 is 10.6 Å². The predicted octanol–water partition coefficient (Wildman–Crippen LogP) is 3.70. The zero-order valence-corrected chi connectivity index (χ0v) is 16.2. The first-order valence-corrected chi connectivity index (χ1v) is 9.38. The van der Waals surface area contributed by atoms with Crippen molar-refractivity contribution in [3.63, 3.8) is 0 Å². The van der Waals surface area contributed by atoms with E-state index < -0.39 is 0 Å². The third-order valence-corrected chi connectivity index (χ3v) is 5.33. The van der Waals surface area contributed by atoms with E-state index in [2.05, 4.69) is 10.6 Å². The highest BCUT2D eigenvalue weighted by atomic mass is 35.5. The summed E-state index contributed by atoms with van der Waals surface area (Å²) in [7, 11) is 1.76. The maximum Gasteiger partial charge on any atom is 0.238 e. The molecule has 0 heterocycles. The molecule has 1 aliphatic carbocycles. The molecule has 0 radical (unpaired) electrons. The summed E-state index contributed by atoms with van der Waals surface area (Å²) >= 11 is 11.8. The minimum Gasteiger partial charge on any atom is -0.352 e. The van der Waals surface area contributed by atoms with Crippen molar-refractivity contribution < 1.29 is 9.59 Å². The van der Waals surface area contributed by atoms with Gasteiger partial charge in [0.2, 0.25) is 11.8 Å². The molecule has 0 bridgehead atoms. The Morgan fingerprint density at radius 1 is 1.20 bits per heavy atom. The van der Waals surface area contributed by atoms with Gasteiger partial charge in [0.15, 0.2) is 0 Å². The van der Waals surface area contributed by atoms with Gasteiger partial charge >= 0.3 is 0 Å². The largest absolute Gasteiger partial charge is 0.352 e. The normalized spacial score (nSPS) is 16.5. The lowest BCUT2D eigenvalue weighted by atomic mass is 9.95. The van der Waals surface area contributed by atoms with E-state index in [4.69, 9.17) is 23.2 Å². The van der Waals surface area contributed by atoms with E-state index in [0.717, 1.165) is 12.8 Å². The first-order valence-electron chi connectivity index (χ1n) is 8.62. The van der Waals surface area contributed by atoms with Crippen molar-refractivity contribution in [2.75, 3.05) is 18.9 Å². The fraction of sp³-hybridized carbons (Fsp3) is 0.556. The van der Waals surface area contributed by atoms with Gasteiger partial charge in [-0.1, -0.05) is 42.5 Å². The molecule has 25 heavy (non-hydrogen) atoms. The van der Waals surface area contributed by atoms with Crippen LogP contribution in [0.25, 0.3) is 0 Å². The standard InChI is InChI=1S/C18H25Cl2N3O2/c1-12(18(25)22-13-6-4-3-5-7-13)23(2)11-17(24)21-14-8-9-15(19)16(20)10-14/h8-10,12-13H,3-7,11H2,1-2H3,(H,21,24)(H,22,25)/t12-/m0/s1. The molecule has 0 aromatic heterocycles. The highest BCUT2D eigenvalue weighted by Gasteiger charge is 2.23. The number of halogens is 2. The van der Waals surface area contributed by atoms with Crippen LogP contribution < -0.4 is 10.6 Å². The number of nitrogens with zero attached hydrogens (tertiary/aromatic N) is 1. The SMILES string of the molecule is C[C@@H](C(=O)NC1CCCCC1)N(C)CC(=O)Nc1ccc(Cl)c(Cl)c1. The molecule has 1 aromatic rings. The zero-order chi connectivity index (χ0) is 18.4. The van der Waals surface area contributed by atoms with Crippen LogP contribution in [0.2, 0.25) is 10.0 Å². The summed E-state index contributed by atoms with van der Waals surface area (Å²) in [5.74, 6) is -0.241. The van der Waals surface area contributed by atoms with E-state index in [0.29, 0.717) is 15.7 Å². The second-order valence-corrected chi connectivity index (χ2v) is 7.43. The van der Waals surface area contributed by atoms with Crippen LogP contribution in [0.15, 0.2) is 18.2 Å². The minimum atomic E-state index is -0.374. The Labute approximate surface area is 159 Å². The van der Waals surface area contributed by atoms with E-state index in [-0.39, 0.29) is 30.4 Å². The molecule has 0 aliphatic heterocycles. The van der Waals surface area contributed by atoms with Crippen LogP contribution in [0.3, 0.4) is 0 Å². The Kier molecular flexibility index (Phi) is 7.54. The number of rotatable bonds is 6. The van der Waals surface area contributed by atoms with Crippen molar-refractivity contribution in [1.29, 1.82) is 0 Å². The molecule has 2 amide bonds. The molecule has 1 saturated carbocycles. The Morgan fingerprint density at radius 2 is 1.88 bits per heavy atom. The second-order valence-electron chi connectivity index (χ2n) is 6.61. The summed E-state index contributed by atoms with van der Waals surface area (Å²) in [5.41, 5.74) is 0.576. The lowest BCUT2D eigenvalue weighted by Gasteiger charge is -2.28. The quantitative estimate of drug-likeness (QED) is 0.784. The number of carbonyl (C=O) groups is 2. The van der Waals surface area contributed by atoms with Crippen LogP contribution in [0.5, 0.6) is 0 Å². The van der Waals surface area contributed by atoms with E-state index >= 15 is 0 Å². The van der Waals surface area contributed by atoms with Crippen molar-refractivity contribution in [2.45, 2.75) is 51.1 Å². The van der Waals surface area contributed by atoms with E-state index in [1.165, 1.54) is 19.3 Å². The molecule has 1 aromatic carbocycles. The second kappa shape index (κ2) is 9.41. The predicted molar refractivity (Wildman–Crippen MR) is 102 cm³/mol. The van der Waals surface area contributed by atoms with Gasteiger partial charge in [-0.3, -0.25) is 14.5 Å². The van der Waals surface area contributed by atoms with Crippen molar-refractivity contribution in [2.24, 2.45) is 0 Å². The maximum atomic E-state index is 12.4. The Hall–Kier alpha value is -1.30. The topological polar surface area (TPSA) is 61.4 Å². The minimum absolute atomic E-state index is 0.0308. The monoisotopic (exact) mass is 385 g/mol. The van der Waals surface area contributed by atoms with Crippen LogP contribution in [-0.4, -0.2) is 42.4 Å². The number of anilines is 1. The van der Waals surface area contributed by atoms with Gasteiger partial charge in [0, 0.05) is 11.7 Å². The highest BCUT2D eigenvalue weighted by molar-refractivity contribution is 6.42. The summed E-state index contributed by atoms with van der Waals surface area (Å²) in [6.07, 6.45) is 5.67. The number of hydrogen-bond donors (Lipinski definition) is 2. The fourth-order valence-corrected chi connectivity index (χ4v) is 3.20. The van der Waals surface area contributed by atoms with Crippen LogP contribution in [0.4, 0.5) is 5.69 Å². The number of nitrogens with one attached hydrogen (secondary N) is 2. The van der Waals surface area contributed by atoms with Crippen LogP contribution in [-0.2, 0) is 9.59 Å². The van der Waals surface area contributed by atoms with Gasteiger partial charge in [-0.25, -0.2) is 0 Å². The zero-order valence-electron chi connectivity index (χ0n) is 14.6. The summed E-state index contributed by atoms with van der Waals surface area (Å²) < 4.78 is 0. The van der Waals surface area contributed by atoms with Crippen molar-refractivity contribution in [3.05, 3.63) is 28.2 Å². The molecule has 1 atom stereocenters. The van der Waals surface area contributed by atoms with Crippen molar-refractivity contribution in [1.82, 2.24) is 10.2 Å². The number of amides is 2. The molecule has 1 aliphatic rings. The van der Waals surface area contributed by atoms with Crippen molar-refractivity contribution >= 4 is 40.7 Å². The van der Waals surface area contributed by atoms with Gasteiger partial charge in [-0.15, -0.1) is 0 Å². The molecule has 1 fully saturated rings. The van der Waals surface area contributed by atoms with Gasteiger partial charge in [0.25, 0.3) is 0 Å². The molecule has 2 N–H and O–H groups in total. The molecule has 0 saturated heterocycles. The molecule has 138 valence electrons. The molecular formula is C18H25Cl2N3O2. The maximum absolute atomic E-state index is 12.4. The average molecular weight is 386 g/mol. The van der Waals surface area contributed by atoms with Crippen molar-refractivity contribution in [3.8, 4) is 0 Å². The Bertz CT molecular complexity index is 618. The van der Waals surface area contributed by atoms with E-state index in [1.54, 1.807) is 30.1 Å². The van der Waals surface area contributed by atoms with Crippen LogP contribution in [0.1, 0.15) is 39.0 Å². The molecule has 0 spiro atoms. The number of carbonyl (C=O) groups excluding carboxylic acids is 2. The van der Waals surface area contributed by atoms with Crippen LogP contribution >= 0.6 is 23.2 Å². The van der Waals surface area contributed by atoms with Gasteiger partial charge in [-0.05, 0) is 45.0 Å². The Balaban J connectivity index is 1.82. The molecule has 0 unspecified atom stereocenters. The smallest absolute Gasteiger partial charge is 0.238 e. The third-order valence-electron chi connectivity index (χ3n) is 4.59. The highest BCUT2D eigenvalue weighted by Crippen LogP contribution is 2.25. The number of likely N-dealkylation sites (N-methyl/N-ethyl adjacent to an activating group) is 1. The fourth-order valence-electron chi connectivity index (χ4n) is 2.91.